The topological polar surface area (TPSA) is 35.9 Å². The first kappa shape index (κ1) is 14.8. The second kappa shape index (κ2) is 6.73. The lowest BCUT2D eigenvalue weighted by atomic mass is 10.0. The molecule has 4 atom stereocenters. The van der Waals surface area contributed by atoms with Crippen LogP contribution in [-0.2, 0) is 4.74 Å². The molecule has 1 unspecified atom stereocenters. The molecule has 4 heteroatoms. The average Bonchev–Trinajstić information content (AvgIpc) is 2.92. The maximum absolute atomic E-state index is 10.5. The van der Waals surface area contributed by atoms with Gasteiger partial charge in [0.05, 0.1) is 12.7 Å². The quantitative estimate of drug-likeness (QED) is 0.796. The minimum atomic E-state index is -0.214. The first-order valence-electron chi connectivity index (χ1n) is 8.26. The molecular weight excluding hydrogens is 252 g/mol. The summed E-state index contributed by atoms with van der Waals surface area (Å²) < 4.78 is 5.29. The van der Waals surface area contributed by atoms with E-state index in [-0.39, 0.29) is 6.10 Å². The zero-order chi connectivity index (χ0) is 13.9. The Morgan fingerprint density at radius 2 is 1.95 bits per heavy atom. The minimum Gasteiger partial charge on any atom is -0.390 e. The monoisotopic (exact) mass is 281 g/mol. The number of aliphatic hydroxyl groups excluding tert-OH is 1. The highest BCUT2D eigenvalue weighted by Gasteiger charge is 2.37. The Balaban J connectivity index is 1.48. The molecule has 0 aromatic heterocycles. The van der Waals surface area contributed by atoms with Gasteiger partial charge in [-0.3, -0.25) is 9.80 Å². The molecule has 0 spiro atoms. The fraction of sp³-hybridized carbons (Fsp3) is 0.938. The molecule has 0 saturated carbocycles. The van der Waals surface area contributed by atoms with Gasteiger partial charge in [-0.15, -0.1) is 0 Å². The van der Waals surface area contributed by atoms with E-state index in [4.69, 9.17) is 4.74 Å². The van der Waals surface area contributed by atoms with Crippen molar-refractivity contribution in [3.8, 4) is 0 Å². The highest BCUT2D eigenvalue weighted by Crippen LogP contribution is 2.35. The highest BCUT2D eigenvalue weighted by molar-refractivity contribution is 4.99. The van der Waals surface area contributed by atoms with E-state index in [1.54, 1.807) is 7.11 Å². The first-order chi connectivity index (χ1) is 9.78. The molecule has 3 rings (SSSR count). The summed E-state index contributed by atoms with van der Waals surface area (Å²) >= 11 is 0. The van der Waals surface area contributed by atoms with Gasteiger partial charge in [-0.1, -0.05) is 0 Å². The SMILES string of the molecule is COC[C@@H]1CCCN1CC(O)CN1[C@@H]2C[CH]C[C@H]1CC2. The van der Waals surface area contributed by atoms with Crippen LogP contribution in [0.25, 0.3) is 0 Å². The predicted molar refractivity (Wildman–Crippen MR) is 79.5 cm³/mol. The Morgan fingerprint density at radius 3 is 2.65 bits per heavy atom. The molecule has 3 fully saturated rings. The molecule has 0 amide bonds. The van der Waals surface area contributed by atoms with Gasteiger partial charge in [0, 0.05) is 38.3 Å². The van der Waals surface area contributed by atoms with Gasteiger partial charge in [-0.05, 0) is 51.5 Å². The molecule has 0 aliphatic carbocycles. The highest BCUT2D eigenvalue weighted by atomic mass is 16.5. The first-order valence-corrected chi connectivity index (χ1v) is 8.26. The minimum absolute atomic E-state index is 0.214. The van der Waals surface area contributed by atoms with Crippen LogP contribution in [0.3, 0.4) is 0 Å². The molecule has 3 aliphatic rings. The molecule has 4 nitrogen and oxygen atoms in total. The van der Waals surface area contributed by atoms with Crippen LogP contribution >= 0.6 is 0 Å². The van der Waals surface area contributed by atoms with E-state index in [1.807, 2.05) is 0 Å². The maximum atomic E-state index is 10.5. The van der Waals surface area contributed by atoms with E-state index in [0.29, 0.717) is 18.1 Å². The Bertz CT molecular complexity index is 297. The van der Waals surface area contributed by atoms with Crippen molar-refractivity contribution in [1.82, 2.24) is 9.80 Å². The van der Waals surface area contributed by atoms with Crippen molar-refractivity contribution < 1.29 is 9.84 Å². The molecular formula is C16H29N2O2. The van der Waals surface area contributed by atoms with Crippen molar-refractivity contribution in [3.05, 3.63) is 6.42 Å². The number of fused-ring (bicyclic) bond motifs is 2. The smallest absolute Gasteiger partial charge is 0.0794 e. The largest absolute Gasteiger partial charge is 0.390 e. The van der Waals surface area contributed by atoms with Gasteiger partial charge in [0.15, 0.2) is 0 Å². The van der Waals surface area contributed by atoms with Gasteiger partial charge in [0.1, 0.15) is 0 Å². The lowest BCUT2D eigenvalue weighted by Crippen LogP contribution is -2.48. The van der Waals surface area contributed by atoms with E-state index < -0.39 is 0 Å². The third-order valence-electron chi connectivity index (χ3n) is 5.37. The van der Waals surface area contributed by atoms with Crippen molar-refractivity contribution in [3.63, 3.8) is 0 Å². The molecule has 3 heterocycles. The maximum Gasteiger partial charge on any atom is 0.0794 e. The van der Waals surface area contributed by atoms with Gasteiger partial charge < -0.3 is 9.84 Å². The zero-order valence-corrected chi connectivity index (χ0v) is 12.7. The summed E-state index contributed by atoms with van der Waals surface area (Å²) in [6, 6.07) is 1.93. The van der Waals surface area contributed by atoms with Crippen LogP contribution in [0.4, 0.5) is 0 Å². The van der Waals surface area contributed by atoms with Crippen molar-refractivity contribution in [2.45, 2.75) is 62.8 Å². The molecule has 2 bridgehead atoms. The van der Waals surface area contributed by atoms with Gasteiger partial charge in [-0.2, -0.15) is 0 Å². The molecule has 115 valence electrons. The molecule has 3 aliphatic heterocycles. The van der Waals surface area contributed by atoms with Gasteiger partial charge in [-0.25, -0.2) is 0 Å². The average molecular weight is 281 g/mol. The van der Waals surface area contributed by atoms with Crippen LogP contribution in [0.5, 0.6) is 0 Å². The molecule has 0 aromatic rings. The third kappa shape index (κ3) is 3.19. The van der Waals surface area contributed by atoms with E-state index in [9.17, 15) is 5.11 Å². The van der Waals surface area contributed by atoms with Crippen LogP contribution < -0.4 is 0 Å². The molecule has 20 heavy (non-hydrogen) atoms. The fourth-order valence-electron chi connectivity index (χ4n) is 4.39. The van der Waals surface area contributed by atoms with Gasteiger partial charge >= 0.3 is 0 Å². The number of likely N-dealkylation sites (tertiary alicyclic amines) is 1. The summed E-state index contributed by atoms with van der Waals surface area (Å²) in [7, 11) is 1.77. The Kier molecular flexibility index (Phi) is 4.97. The van der Waals surface area contributed by atoms with Crippen LogP contribution in [-0.4, -0.2) is 72.5 Å². The number of piperidine rings is 1. The standard InChI is InChI=1S/C16H29N2O2/c1-20-12-15-6-3-9-17(15)10-16(19)11-18-13-4-2-5-14(18)8-7-13/h2,13-16,19H,3-12H2,1H3/t13-,14+,15-,16?/m0/s1. The number of hydrogen-bond donors (Lipinski definition) is 1. The summed E-state index contributed by atoms with van der Waals surface area (Å²) in [6.45, 7) is 3.59. The van der Waals surface area contributed by atoms with Crippen molar-refractivity contribution in [1.29, 1.82) is 0 Å². The van der Waals surface area contributed by atoms with Crippen LogP contribution in [0.15, 0.2) is 0 Å². The number of rotatable bonds is 6. The molecule has 3 saturated heterocycles. The van der Waals surface area contributed by atoms with Gasteiger partial charge in [0.25, 0.3) is 0 Å². The number of hydrogen-bond acceptors (Lipinski definition) is 4. The summed E-state index contributed by atoms with van der Waals surface area (Å²) in [5.74, 6) is 0. The second-order valence-electron chi connectivity index (χ2n) is 6.74. The zero-order valence-electron chi connectivity index (χ0n) is 12.7. The van der Waals surface area contributed by atoms with Crippen molar-refractivity contribution in [2.24, 2.45) is 0 Å². The Hall–Kier alpha value is -0.160. The lowest BCUT2D eigenvalue weighted by Gasteiger charge is -2.37. The van der Waals surface area contributed by atoms with Crippen molar-refractivity contribution >= 4 is 0 Å². The normalized spacial score (nSPS) is 36.6. The Morgan fingerprint density at radius 1 is 1.20 bits per heavy atom. The van der Waals surface area contributed by atoms with E-state index >= 15 is 0 Å². The molecule has 1 radical (unpaired) electrons. The summed E-state index contributed by atoms with van der Waals surface area (Å²) in [6.07, 6.45) is 9.77. The predicted octanol–water partition coefficient (Wildman–Crippen LogP) is 1.29. The number of methoxy groups -OCH3 is 1. The van der Waals surface area contributed by atoms with Crippen LogP contribution in [0.2, 0.25) is 0 Å². The summed E-state index contributed by atoms with van der Waals surface area (Å²) in [4.78, 5) is 5.00. The number of nitrogens with zero attached hydrogens (tertiary/aromatic N) is 2. The van der Waals surface area contributed by atoms with Crippen LogP contribution in [0, 0.1) is 6.42 Å². The Labute approximate surface area is 123 Å². The summed E-state index contributed by atoms with van der Waals surface area (Å²) in [5.41, 5.74) is 0. The number of β-amino-alcohol motifs (C(OH)–C–C–N with tert-alkyl or cyclic N) is 1. The lowest BCUT2D eigenvalue weighted by molar-refractivity contribution is 0.0328. The summed E-state index contributed by atoms with van der Waals surface area (Å²) in [5, 5.41) is 10.5. The molecule has 0 aromatic carbocycles. The fourth-order valence-corrected chi connectivity index (χ4v) is 4.39. The van der Waals surface area contributed by atoms with E-state index in [1.165, 1.54) is 38.5 Å². The van der Waals surface area contributed by atoms with E-state index in [2.05, 4.69) is 16.2 Å². The molecule has 1 N–H and O–H groups in total. The van der Waals surface area contributed by atoms with E-state index in [0.717, 1.165) is 26.2 Å². The third-order valence-corrected chi connectivity index (χ3v) is 5.37. The number of aliphatic hydroxyl groups is 1. The van der Waals surface area contributed by atoms with Crippen LogP contribution in [0.1, 0.15) is 38.5 Å². The number of ether oxygens (including phenoxy) is 1. The van der Waals surface area contributed by atoms with Crippen molar-refractivity contribution in [2.75, 3.05) is 33.4 Å². The van der Waals surface area contributed by atoms with Gasteiger partial charge in [0.2, 0.25) is 0 Å². The second-order valence-corrected chi connectivity index (χ2v) is 6.74.